The molecule has 0 unspecified atom stereocenters. The summed E-state index contributed by atoms with van der Waals surface area (Å²) in [6.45, 7) is 0. The van der Waals surface area contributed by atoms with E-state index in [1.807, 2.05) is 0 Å². The molecule has 3 aromatic rings. The van der Waals surface area contributed by atoms with Crippen LogP contribution in [0.4, 0.5) is 10.2 Å². The molecular weight excluding hydrogens is 442 g/mol. The van der Waals surface area contributed by atoms with Crippen LogP contribution in [0.2, 0.25) is 10.0 Å². The second-order valence-electron chi connectivity index (χ2n) is 5.57. The van der Waals surface area contributed by atoms with Crippen LogP contribution >= 0.6 is 23.2 Å². The summed E-state index contributed by atoms with van der Waals surface area (Å²) in [5, 5.41) is 0.0278. The maximum absolute atomic E-state index is 12.8. The van der Waals surface area contributed by atoms with E-state index < -0.39 is 16.1 Å². The van der Waals surface area contributed by atoms with Crippen molar-refractivity contribution in [1.29, 1.82) is 0 Å². The number of pyridine rings is 1. The number of benzene rings is 1. The van der Waals surface area contributed by atoms with Crippen molar-refractivity contribution in [3.63, 3.8) is 0 Å². The van der Waals surface area contributed by atoms with Gasteiger partial charge in [-0.1, -0.05) is 35.3 Å². The van der Waals surface area contributed by atoms with Crippen LogP contribution in [0.3, 0.4) is 0 Å². The predicted octanol–water partition coefficient (Wildman–Crippen LogP) is 4.30. The summed E-state index contributed by atoms with van der Waals surface area (Å²) in [6, 6.07) is 7.35. The number of nitrogens with one attached hydrogen (secondary N) is 1. The Hall–Kier alpha value is -2.75. The first-order chi connectivity index (χ1) is 13.8. The highest BCUT2D eigenvalue weighted by atomic mass is 35.5. The Morgan fingerprint density at radius 2 is 1.83 bits per heavy atom. The third-order valence-corrected chi connectivity index (χ3v) is 5.95. The molecule has 29 heavy (non-hydrogen) atoms. The lowest BCUT2D eigenvalue weighted by Crippen LogP contribution is -2.14. The summed E-state index contributed by atoms with van der Waals surface area (Å²) in [7, 11) is -2.62. The first-order valence-corrected chi connectivity index (χ1v) is 10.2. The molecule has 3 rings (SSSR count). The second kappa shape index (κ2) is 8.73. The summed E-state index contributed by atoms with van der Waals surface area (Å²) < 4.78 is 45.5. The van der Waals surface area contributed by atoms with Gasteiger partial charge in [0.15, 0.2) is 0 Å². The lowest BCUT2D eigenvalue weighted by Gasteiger charge is -2.11. The van der Waals surface area contributed by atoms with E-state index in [-0.39, 0.29) is 26.6 Å². The SMILES string of the molecule is COc1nc(NS(=O)(=O)c2cccc(Cl)c2Cl)ccc1/C=C/c1cnc(F)nc1. The summed E-state index contributed by atoms with van der Waals surface area (Å²) >= 11 is 11.9. The number of ether oxygens (including phenoxy) is 1. The fourth-order valence-electron chi connectivity index (χ4n) is 2.28. The van der Waals surface area contributed by atoms with Crippen LogP contribution in [0, 0.1) is 6.08 Å². The molecule has 0 atom stereocenters. The molecule has 0 amide bonds. The zero-order valence-electron chi connectivity index (χ0n) is 14.8. The van der Waals surface area contributed by atoms with Crippen molar-refractivity contribution in [2.75, 3.05) is 11.8 Å². The minimum Gasteiger partial charge on any atom is -0.481 e. The van der Waals surface area contributed by atoms with Gasteiger partial charge in [-0.05, 0) is 30.3 Å². The molecule has 1 aromatic carbocycles. The quantitative estimate of drug-likeness (QED) is 0.558. The smallest absolute Gasteiger partial charge is 0.308 e. The van der Waals surface area contributed by atoms with Crippen molar-refractivity contribution in [2.45, 2.75) is 4.90 Å². The van der Waals surface area contributed by atoms with Crippen LogP contribution in [0.5, 0.6) is 5.88 Å². The molecule has 150 valence electrons. The minimum atomic E-state index is -4.02. The Balaban J connectivity index is 1.86. The topological polar surface area (TPSA) is 94.1 Å². The summed E-state index contributed by atoms with van der Waals surface area (Å²) in [4.78, 5) is 10.9. The monoisotopic (exact) mass is 454 g/mol. The van der Waals surface area contributed by atoms with Crippen molar-refractivity contribution < 1.29 is 17.5 Å². The molecule has 0 spiro atoms. The van der Waals surface area contributed by atoms with Gasteiger partial charge >= 0.3 is 6.08 Å². The summed E-state index contributed by atoms with van der Waals surface area (Å²) in [6.07, 6.45) is 5.09. The maximum atomic E-state index is 12.8. The molecule has 0 bridgehead atoms. The van der Waals surface area contributed by atoms with Gasteiger partial charge in [0.25, 0.3) is 10.0 Å². The van der Waals surface area contributed by atoms with Crippen LogP contribution in [-0.4, -0.2) is 30.5 Å². The highest BCUT2D eigenvalue weighted by Gasteiger charge is 2.20. The molecule has 0 aliphatic heterocycles. The van der Waals surface area contributed by atoms with Gasteiger partial charge in [0.2, 0.25) is 5.88 Å². The fourth-order valence-corrected chi connectivity index (χ4v) is 4.04. The first kappa shape index (κ1) is 21.0. The lowest BCUT2D eigenvalue weighted by atomic mass is 10.2. The van der Waals surface area contributed by atoms with E-state index in [1.54, 1.807) is 18.2 Å². The zero-order valence-corrected chi connectivity index (χ0v) is 17.1. The number of methoxy groups -OCH3 is 1. The van der Waals surface area contributed by atoms with E-state index >= 15 is 0 Å². The Labute approximate surface area is 176 Å². The molecule has 0 radical (unpaired) electrons. The van der Waals surface area contributed by atoms with Gasteiger partial charge in [-0.3, -0.25) is 4.72 Å². The maximum Gasteiger partial charge on any atom is 0.308 e. The van der Waals surface area contributed by atoms with Gasteiger partial charge in [0.05, 0.1) is 17.2 Å². The fraction of sp³-hybridized carbons (Fsp3) is 0.0556. The number of hydrogen-bond acceptors (Lipinski definition) is 6. The highest BCUT2D eigenvalue weighted by Crippen LogP contribution is 2.30. The van der Waals surface area contributed by atoms with E-state index in [2.05, 4.69) is 19.7 Å². The first-order valence-electron chi connectivity index (χ1n) is 7.97. The summed E-state index contributed by atoms with van der Waals surface area (Å²) in [5.41, 5.74) is 1.12. The largest absolute Gasteiger partial charge is 0.481 e. The molecule has 7 nitrogen and oxygen atoms in total. The van der Waals surface area contributed by atoms with E-state index in [4.69, 9.17) is 27.9 Å². The minimum absolute atomic E-state index is 0.0279. The third kappa shape index (κ3) is 5.00. The van der Waals surface area contributed by atoms with Crippen molar-refractivity contribution in [2.24, 2.45) is 0 Å². The van der Waals surface area contributed by atoms with E-state index in [9.17, 15) is 12.8 Å². The van der Waals surface area contributed by atoms with Crippen molar-refractivity contribution >= 4 is 51.2 Å². The average molecular weight is 455 g/mol. The predicted molar refractivity (Wildman–Crippen MR) is 109 cm³/mol. The van der Waals surface area contributed by atoms with Crippen LogP contribution < -0.4 is 9.46 Å². The lowest BCUT2D eigenvalue weighted by molar-refractivity contribution is 0.397. The number of sulfonamides is 1. The van der Waals surface area contributed by atoms with Gasteiger partial charge in [-0.25, -0.2) is 18.4 Å². The second-order valence-corrected chi connectivity index (χ2v) is 8.01. The number of halogens is 3. The van der Waals surface area contributed by atoms with Crippen molar-refractivity contribution in [3.8, 4) is 5.88 Å². The zero-order chi connectivity index (χ0) is 21.0. The van der Waals surface area contributed by atoms with Crippen LogP contribution in [0.1, 0.15) is 11.1 Å². The molecule has 0 saturated heterocycles. The standard InChI is InChI=1S/C18H13Cl2FN4O3S/c1-28-17-12(6-5-11-9-22-18(21)23-10-11)7-8-15(24-17)25-29(26,27)14-4-2-3-13(19)16(14)20/h2-10H,1H3,(H,24,25)/b6-5+. The van der Waals surface area contributed by atoms with Gasteiger partial charge in [0, 0.05) is 23.5 Å². The van der Waals surface area contributed by atoms with Crippen LogP contribution in [0.15, 0.2) is 47.6 Å². The van der Waals surface area contributed by atoms with E-state index in [0.29, 0.717) is 11.1 Å². The Kier molecular flexibility index (Phi) is 6.31. The molecular formula is C18H13Cl2FN4O3S. The number of hydrogen-bond donors (Lipinski definition) is 1. The molecule has 0 saturated carbocycles. The molecule has 2 heterocycles. The van der Waals surface area contributed by atoms with E-state index in [0.717, 1.165) is 0 Å². The number of aromatic nitrogens is 3. The number of anilines is 1. The Bertz CT molecular complexity index is 1170. The number of nitrogens with zero attached hydrogens (tertiary/aromatic N) is 3. The van der Waals surface area contributed by atoms with E-state index in [1.165, 1.54) is 43.8 Å². The molecule has 0 aliphatic carbocycles. The highest BCUT2D eigenvalue weighted by molar-refractivity contribution is 7.92. The number of rotatable bonds is 6. The molecule has 2 aromatic heterocycles. The van der Waals surface area contributed by atoms with Crippen molar-refractivity contribution in [1.82, 2.24) is 15.0 Å². The van der Waals surface area contributed by atoms with Crippen LogP contribution in [-0.2, 0) is 10.0 Å². The average Bonchev–Trinajstić information content (AvgIpc) is 2.69. The Morgan fingerprint density at radius 3 is 2.52 bits per heavy atom. The molecule has 0 aliphatic rings. The normalized spacial score (nSPS) is 11.6. The molecule has 0 fully saturated rings. The summed E-state index contributed by atoms with van der Waals surface area (Å²) in [5.74, 6) is 0.196. The molecule has 1 N–H and O–H groups in total. The van der Waals surface area contributed by atoms with Crippen molar-refractivity contribution in [3.05, 3.63) is 70.0 Å². The third-order valence-electron chi connectivity index (χ3n) is 3.62. The van der Waals surface area contributed by atoms with Gasteiger partial charge in [-0.15, -0.1) is 0 Å². The Morgan fingerprint density at radius 1 is 1.10 bits per heavy atom. The molecule has 11 heteroatoms. The van der Waals surface area contributed by atoms with Gasteiger partial charge in [0.1, 0.15) is 10.7 Å². The van der Waals surface area contributed by atoms with Crippen LogP contribution in [0.25, 0.3) is 12.2 Å². The van der Waals surface area contributed by atoms with Gasteiger partial charge in [-0.2, -0.15) is 9.37 Å². The van der Waals surface area contributed by atoms with Gasteiger partial charge < -0.3 is 4.74 Å².